The Labute approximate surface area is 141 Å². The predicted molar refractivity (Wildman–Crippen MR) is 99.2 cm³/mol. The lowest BCUT2D eigenvalue weighted by atomic mass is 9.67. The highest BCUT2D eigenvalue weighted by atomic mass is 15.3. The van der Waals surface area contributed by atoms with E-state index in [1.165, 1.54) is 43.4 Å². The van der Waals surface area contributed by atoms with Crippen LogP contribution in [0.5, 0.6) is 0 Å². The quantitative estimate of drug-likeness (QED) is 0.704. The molecule has 0 aromatic heterocycles. The summed E-state index contributed by atoms with van der Waals surface area (Å²) in [7, 11) is 0. The van der Waals surface area contributed by atoms with E-state index in [0.717, 1.165) is 13.1 Å². The van der Waals surface area contributed by atoms with Gasteiger partial charge in [-0.25, -0.2) is 0 Å². The van der Waals surface area contributed by atoms with E-state index in [0.29, 0.717) is 6.98 Å². The van der Waals surface area contributed by atoms with Gasteiger partial charge in [-0.05, 0) is 17.4 Å². The third kappa shape index (κ3) is 4.46. The van der Waals surface area contributed by atoms with E-state index in [2.05, 4.69) is 77.2 Å². The van der Waals surface area contributed by atoms with Gasteiger partial charge in [0.25, 0.3) is 0 Å². The topological polar surface area (TPSA) is 6.48 Å². The minimum absolute atomic E-state index is 0.579. The number of rotatable bonds is 7. The molecule has 120 valence electrons. The van der Waals surface area contributed by atoms with E-state index < -0.39 is 0 Å². The van der Waals surface area contributed by atoms with Crippen molar-refractivity contribution in [3.63, 3.8) is 0 Å². The number of nitrogens with zero attached hydrogens (tertiary/aromatic N) is 2. The highest BCUT2D eigenvalue weighted by molar-refractivity contribution is 6.53. The highest BCUT2D eigenvalue weighted by Gasteiger charge is 2.35. The third-order valence-corrected chi connectivity index (χ3v) is 4.79. The van der Waals surface area contributed by atoms with Crippen molar-refractivity contribution in [1.29, 1.82) is 0 Å². The van der Waals surface area contributed by atoms with Crippen molar-refractivity contribution < 1.29 is 0 Å². The van der Waals surface area contributed by atoms with E-state index in [4.69, 9.17) is 0 Å². The molecule has 0 bridgehead atoms. The molecule has 1 fully saturated rings. The van der Waals surface area contributed by atoms with E-state index in [-0.39, 0.29) is 0 Å². The number of benzene rings is 2. The van der Waals surface area contributed by atoms with Crippen LogP contribution in [0.2, 0.25) is 6.32 Å². The van der Waals surface area contributed by atoms with E-state index >= 15 is 0 Å². The van der Waals surface area contributed by atoms with Crippen LogP contribution in [-0.4, -0.2) is 29.7 Å². The fourth-order valence-corrected chi connectivity index (χ4v) is 3.54. The summed E-state index contributed by atoms with van der Waals surface area (Å²) in [5.41, 5.74) is 2.85. The first kappa shape index (κ1) is 16.3. The van der Waals surface area contributed by atoms with Crippen molar-refractivity contribution in [1.82, 2.24) is 9.62 Å². The Hall–Kier alpha value is -1.58. The van der Waals surface area contributed by atoms with Crippen LogP contribution in [0.3, 0.4) is 0 Å². The summed E-state index contributed by atoms with van der Waals surface area (Å²) >= 11 is 0. The summed E-state index contributed by atoms with van der Waals surface area (Å²) in [6.45, 7) is 7.36. The molecule has 0 radical (unpaired) electrons. The van der Waals surface area contributed by atoms with Crippen LogP contribution < -0.4 is 0 Å². The van der Waals surface area contributed by atoms with Gasteiger partial charge in [0, 0.05) is 26.2 Å². The molecule has 1 heterocycles. The maximum absolute atomic E-state index is 2.66. The van der Waals surface area contributed by atoms with Gasteiger partial charge in [0.15, 0.2) is 0 Å². The zero-order valence-corrected chi connectivity index (χ0v) is 14.2. The predicted octanol–water partition coefficient (Wildman–Crippen LogP) is 4.29. The van der Waals surface area contributed by atoms with E-state index in [1.54, 1.807) is 0 Å². The van der Waals surface area contributed by atoms with Crippen molar-refractivity contribution in [2.24, 2.45) is 0 Å². The normalized spacial score (nSPS) is 16.1. The molecule has 1 saturated heterocycles. The van der Waals surface area contributed by atoms with Crippen molar-refractivity contribution in [3.8, 4) is 0 Å². The van der Waals surface area contributed by atoms with Crippen molar-refractivity contribution in [2.75, 3.05) is 13.1 Å². The smallest absolute Gasteiger partial charge is 0.311 e. The summed E-state index contributed by atoms with van der Waals surface area (Å²) in [5.74, 6) is 0. The van der Waals surface area contributed by atoms with Crippen LogP contribution in [0.1, 0.15) is 30.9 Å². The number of hydrogen-bond donors (Lipinski definition) is 0. The number of unbranched alkanes of at least 4 members (excludes halogenated alkanes) is 1. The largest absolute Gasteiger partial charge is 0.323 e. The van der Waals surface area contributed by atoms with Crippen molar-refractivity contribution >= 4 is 6.98 Å². The molecule has 23 heavy (non-hydrogen) atoms. The van der Waals surface area contributed by atoms with E-state index in [9.17, 15) is 0 Å². The van der Waals surface area contributed by atoms with Gasteiger partial charge in [-0.1, -0.05) is 80.4 Å². The van der Waals surface area contributed by atoms with Gasteiger partial charge in [-0.2, -0.15) is 0 Å². The molecule has 0 atom stereocenters. The molecule has 0 spiro atoms. The maximum Gasteiger partial charge on any atom is 0.311 e. The molecule has 2 aromatic carbocycles. The average molecular weight is 306 g/mol. The molecule has 0 aliphatic carbocycles. The average Bonchev–Trinajstić information content (AvgIpc) is 2.96. The molecule has 0 saturated carbocycles. The summed E-state index contributed by atoms with van der Waals surface area (Å²) in [5, 5.41) is 0. The summed E-state index contributed by atoms with van der Waals surface area (Å²) < 4.78 is 0. The second kappa shape index (κ2) is 8.33. The van der Waals surface area contributed by atoms with Crippen LogP contribution in [0.4, 0.5) is 0 Å². The Kier molecular flexibility index (Phi) is 5.90. The van der Waals surface area contributed by atoms with Crippen LogP contribution >= 0.6 is 0 Å². The molecule has 0 N–H and O–H groups in total. The molecule has 0 amide bonds. The fraction of sp³-hybridized carbons (Fsp3) is 0.400. The SMILES string of the molecule is CCCCB1N(Cc2ccccc2)CCN1Cc1ccccc1. The van der Waals surface area contributed by atoms with Crippen LogP contribution in [0.15, 0.2) is 60.7 Å². The van der Waals surface area contributed by atoms with Crippen LogP contribution in [-0.2, 0) is 13.1 Å². The Balaban J connectivity index is 1.68. The Morgan fingerprint density at radius 1 is 0.783 bits per heavy atom. The zero-order chi connectivity index (χ0) is 15.9. The van der Waals surface area contributed by atoms with Gasteiger partial charge in [0.1, 0.15) is 0 Å². The Morgan fingerprint density at radius 3 is 1.70 bits per heavy atom. The summed E-state index contributed by atoms with van der Waals surface area (Å²) in [4.78, 5) is 5.32. The minimum Gasteiger partial charge on any atom is -0.323 e. The van der Waals surface area contributed by atoms with E-state index in [1.807, 2.05) is 0 Å². The second-order valence-electron chi connectivity index (χ2n) is 6.53. The lowest BCUT2D eigenvalue weighted by molar-refractivity contribution is 0.458. The van der Waals surface area contributed by atoms with Gasteiger partial charge in [-0.15, -0.1) is 0 Å². The van der Waals surface area contributed by atoms with Gasteiger partial charge < -0.3 is 9.62 Å². The highest BCUT2D eigenvalue weighted by Crippen LogP contribution is 2.22. The Morgan fingerprint density at radius 2 is 1.26 bits per heavy atom. The first-order valence-electron chi connectivity index (χ1n) is 8.93. The minimum atomic E-state index is 0.579. The molecule has 2 nitrogen and oxygen atoms in total. The standard InChI is InChI=1S/C20H27BN2/c1-2-3-14-21-22(17-19-10-6-4-7-11-19)15-16-23(21)18-20-12-8-5-9-13-20/h4-13H,2-3,14-18H2,1H3. The van der Waals surface area contributed by atoms with Crippen LogP contribution in [0.25, 0.3) is 0 Å². The van der Waals surface area contributed by atoms with Crippen LogP contribution in [0, 0.1) is 0 Å². The molecular weight excluding hydrogens is 279 g/mol. The van der Waals surface area contributed by atoms with Gasteiger partial charge in [0.2, 0.25) is 0 Å². The fourth-order valence-electron chi connectivity index (χ4n) is 3.54. The molecular formula is C20H27BN2. The molecule has 0 unspecified atom stereocenters. The third-order valence-electron chi connectivity index (χ3n) is 4.79. The van der Waals surface area contributed by atoms with Gasteiger partial charge in [-0.3, -0.25) is 0 Å². The molecule has 1 aliphatic rings. The summed E-state index contributed by atoms with van der Waals surface area (Å²) in [6, 6.07) is 21.8. The van der Waals surface area contributed by atoms with Gasteiger partial charge in [0.05, 0.1) is 0 Å². The van der Waals surface area contributed by atoms with Crippen molar-refractivity contribution in [3.05, 3.63) is 71.8 Å². The second-order valence-corrected chi connectivity index (χ2v) is 6.53. The molecule has 3 rings (SSSR count). The van der Waals surface area contributed by atoms with Crippen molar-refractivity contribution in [2.45, 2.75) is 39.2 Å². The molecule has 2 aromatic rings. The first-order chi connectivity index (χ1) is 11.4. The maximum atomic E-state index is 2.66. The lowest BCUT2D eigenvalue weighted by Gasteiger charge is -2.27. The lowest BCUT2D eigenvalue weighted by Crippen LogP contribution is -2.43. The van der Waals surface area contributed by atoms with Gasteiger partial charge >= 0.3 is 6.98 Å². The monoisotopic (exact) mass is 306 g/mol. The zero-order valence-electron chi connectivity index (χ0n) is 14.2. The Bertz CT molecular complexity index is 523. The summed E-state index contributed by atoms with van der Waals surface area (Å²) in [6.07, 6.45) is 3.85. The molecule has 1 aliphatic heterocycles. The first-order valence-corrected chi connectivity index (χ1v) is 8.93. The number of hydrogen-bond acceptors (Lipinski definition) is 2. The molecule has 3 heteroatoms.